The smallest absolute Gasteiger partial charge is 0.170 e. The second-order valence-corrected chi connectivity index (χ2v) is 4.48. The second-order valence-electron chi connectivity index (χ2n) is 3.63. The van der Waals surface area contributed by atoms with Crippen LogP contribution in [-0.4, -0.2) is 13.7 Å². The van der Waals surface area contributed by atoms with Gasteiger partial charge in [0.2, 0.25) is 0 Å². The molecule has 82 valence electrons. The topological polar surface area (TPSA) is 21.3 Å². The standard InChI is InChI=1S/C11H13BrFNO/c1-15-9-5-4-7(12)10(11(9)13)8-3-2-6-14-8/h4-5,8,14H,2-3,6H2,1H3. The Labute approximate surface area is 96.9 Å². The summed E-state index contributed by atoms with van der Waals surface area (Å²) in [6, 6.07) is 3.57. The molecule has 15 heavy (non-hydrogen) atoms. The number of hydrogen-bond acceptors (Lipinski definition) is 2. The van der Waals surface area contributed by atoms with Gasteiger partial charge in [0.05, 0.1) is 7.11 Å². The second kappa shape index (κ2) is 4.49. The van der Waals surface area contributed by atoms with Crippen LogP contribution >= 0.6 is 15.9 Å². The van der Waals surface area contributed by atoms with Crippen LogP contribution < -0.4 is 10.1 Å². The molecule has 0 bridgehead atoms. The molecular formula is C11H13BrFNO. The average molecular weight is 274 g/mol. The van der Waals surface area contributed by atoms with E-state index in [0.717, 1.165) is 23.9 Å². The lowest BCUT2D eigenvalue weighted by Gasteiger charge is -2.15. The van der Waals surface area contributed by atoms with Crippen LogP contribution in [0.3, 0.4) is 0 Å². The summed E-state index contributed by atoms with van der Waals surface area (Å²) in [7, 11) is 1.48. The summed E-state index contributed by atoms with van der Waals surface area (Å²) in [5.74, 6) is 0.0492. The molecule has 0 amide bonds. The lowest BCUT2D eigenvalue weighted by atomic mass is 10.0. The highest BCUT2D eigenvalue weighted by Gasteiger charge is 2.24. The molecule has 1 N–H and O–H groups in total. The normalized spacial score (nSPS) is 20.6. The van der Waals surface area contributed by atoms with Gasteiger partial charge in [-0.15, -0.1) is 0 Å². The molecule has 2 nitrogen and oxygen atoms in total. The van der Waals surface area contributed by atoms with E-state index in [1.54, 1.807) is 6.07 Å². The molecule has 0 aromatic heterocycles. The van der Waals surface area contributed by atoms with Gasteiger partial charge in [-0.3, -0.25) is 0 Å². The first-order chi connectivity index (χ1) is 7.24. The fourth-order valence-corrected chi connectivity index (χ4v) is 2.54. The molecule has 1 fully saturated rings. The van der Waals surface area contributed by atoms with Crippen LogP contribution in [0.15, 0.2) is 16.6 Å². The van der Waals surface area contributed by atoms with E-state index < -0.39 is 0 Å². The molecule has 0 spiro atoms. The summed E-state index contributed by atoms with van der Waals surface area (Å²) in [5, 5.41) is 3.28. The first kappa shape index (κ1) is 10.9. The third-order valence-electron chi connectivity index (χ3n) is 2.72. The maximum Gasteiger partial charge on any atom is 0.170 e. The lowest BCUT2D eigenvalue weighted by molar-refractivity contribution is 0.381. The minimum atomic E-state index is -0.258. The molecule has 1 atom stereocenters. The minimum absolute atomic E-state index is 0.106. The van der Waals surface area contributed by atoms with Crippen molar-refractivity contribution in [3.05, 3.63) is 28.0 Å². The maximum absolute atomic E-state index is 14.0. The molecule has 1 aromatic rings. The molecule has 1 heterocycles. The number of nitrogens with one attached hydrogen (secondary N) is 1. The summed E-state index contributed by atoms with van der Waals surface area (Å²) in [6.07, 6.45) is 2.07. The number of halogens is 2. The molecule has 1 saturated heterocycles. The van der Waals surface area contributed by atoms with Crippen LogP contribution in [0.2, 0.25) is 0 Å². The van der Waals surface area contributed by atoms with Crippen molar-refractivity contribution in [1.29, 1.82) is 0 Å². The summed E-state index contributed by atoms with van der Waals surface area (Å²) in [5.41, 5.74) is 0.687. The van der Waals surface area contributed by atoms with Gasteiger partial charge < -0.3 is 10.1 Å². The van der Waals surface area contributed by atoms with Crippen LogP contribution in [0.25, 0.3) is 0 Å². The van der Waals surface area contributed by atoms with E-state index in [1.807, 2.05) is 6.07 Å². The number of hydrogen-bond donors (Lipinski definition) is 1. The van der Waals surface area contributed by atoms with Crippen molar-refractivity contribution in [1.82, 2.24) is 5.32 Å². The van der Waals surface area contributed by atoms with E-state index in [4.69, 9.17) is 4.74 Å². The SMILES string of the molecule is COc1ccc(Br)c(C2CCCN2)c1F. The van der Waals surface area contributed by atoms with E-state index in [9.17, 15) is 4.39 Å². The Morgan fingerprint density at radius 1 is 1.53 bits per heavy atom. The van der Waals surface area contributed by atoms with Gasteiger partial charge in [0, 0.05) is 16.1 Å². The van der Waals surface area contributed by atoms with Gasteiger partial charge in [-0.05, 0) is 31.5 Å². The Balaban J connectivity index is 2.43. The lowest BCUT2D eigenvalue weighted by Crippen LogP contribution is -2.15. The Morgan fingerprint density at radius 3 is 2.93 bits per heavy atom. The summed E-state index contributed by atoms with van der Waals surface area (Å²) in [6.45, 7) is 0.952. The van der Waals surface area contributed by atoms with Gasteiger partial charge in [0.25, 0.3) is 0 Å². The highest BCUT2D eigenvalue weighted by atomic mass is 79.9. The molecule has 2 rings (SSSR count). The Morgan fingerprint density at radius 2 is 2.33 bits per heavy atom. The molecule has 4 heteroatoms. The van der Waals surface area contributed by atoms with E-state index >= 15 is 0 Å². The van der Waals surface area contributed by atoms with E-state index in [1.165, 1.54) is 7.11 Å². The molecule has 1 aliphatic heterocycles. The van der Waals surface area contributed by atoms with Gasteiger partial charge in [0.15, 0.2) is 11.6 Å². The Bertz CT molecular complexity index is 364. The van der Waals surface area contributed by atoms with Gasteiger partial charge in [0.1, 0.15) is 0 Å². The van der Waals surface area contributed by atoms with Crippen molar-refractivity contribution in [3.8, 4) is 5.75 Å². The fourth-order valence-electron chi connectivity index (χ4n) is 1.96. The molecule has 0 aliphatic carbocycles. The Kier molecular flexibility index (Phi) is 3.26. The van der Waals surface area contributed by atoms with Crippen LogP contribution in [0.5, 0.6) is 5.75 Å². The van der Waals surface area contributed by atoms with Crippen molar-refractivity contribution >= 4 is 15.9 Å². The Hall–Kier alpha value is -0.610. The van der Waals surface area contributed by atoms with Gasteiger partial charge in [-0.25, -0.2) is 4.39 Å². The average Bonchev–Trinajstić information content (AvgIpc) is 2.71. The monoisotopic (exact) mass is 273 g/mol. The van der Waals surface area contributed by atoms with Gasteiger partial charge in [-0.1, -0.05) is 15.9 Å². The minimum Gasteiger partial charge on any atom is -0.494 e. The predicted molar refractivity (Wildman–Crippen MR) is 60.6 cm³/mol. The van der Waals surface area contributed by atoms with Crippen LogP contribution in [-0.2, 0) is 0 Å². The van der Waals surface area contributed by atoms with Gasteiger partial charge >= 0.3 is 0 Å². The predicted octanol–water partition coefficient (Wildman–Crippen LogP) is 3.02. The van der Waals surface area contributed by atoms with Crippen molar-refractivity contribution in [2.24, 2.45) is 0 Å². The molecule has 0 saturated carbocycles. The number of rotatable bonds is 2. The highest BCUT2D eigenvalue weighted by Crippen LogP contribution is 2.35. The zero-order valence-electron chi connectivity index (χ0n) is 8.52. The molecule has 1 aromatic carbocycles. The zero-order valence-corrected chi connectivity index (χ0v) is 10.1. The molecule has 0 radical (unpaired) electrons. The first-order valence-corrected chi connectivity index (χ1v) is 5.78. The molecule has 1 aliphatic rings. The van der Waals surface area contributed by atoms with Crippen molar-refractivity contribution in [2.75, 3.05) is 13.7 Å². The largest absolute Gasteiger partial charge is 0.494 e. The maximum atomic E-state index is 14.0. The number of benzene rings is 1. The third-order valence-corrected chi connectivity index (χ3v) is 3.41. The zero-order chi connectivity index (χ0) is 10.8. The van der Waals surface area contributed by atoms with Gasteiger partial charge in [-0.2, -0.15) is 0 Å². The fraction of sp³-hybridized carbons (Fsp3) is 0.455. The molecule has 1 unspecified atom stereocenters. The van der Waals surface area contributed by atoms with Crippen molar-refractivity contribution in [3.63, 3.8) is 0 Å². The van der Waals surface area contributed by atoms with E-state index in [2.05, 4.69) is 21.2 Å². The first-order valence-electron chi connectivity index (χ1n) is 4.99. The van der Waals surface area contributed by atoms with Crippen LogP contribution in [0.1, 0.15) is 24.4 Å². The van der Waals surface area contributed by atoms with Crippen molar-refractivity contribution < 1.29 is 9.13 Å². The third kappa shape index (κ3) is 2.01. The van der Waals surface area contributed by atoms with Crippen molar-refractivity contribution in [2.45, 2.75) is 18.9 Å². The summed E-state index contributed by atoms with van der Waals surface area (Å²) < 4.78 is 19.8. The van der Waals surface area contributed by atoms with E-state index in [-0.39, 0.29) is 11.9 Å². The quantitative estimate of drug-likeness (QED) is 0.895. The van der Waals surface area contributed by atoms with Crippen LogP contribution in [0.4, 0.5) is 4.39 Å². The highest BCUT2D eigenvalue weighted by molar-refractivity contribution is 9.10. The summed E-state index contributed by atoms with van der Waals surface area (Å²) >= 11 is 3.38. The number of ether oxygens (including phenoxy) is 1. The number of methoxy groups -OCH3 is 1. The molecular weight excluding hydrogens is 261 g/mol. The van der Waals surface area contributed by atoms with Crippen LogP contribution in [0, 0.1) is 5.82 Å². The summed E-state index contributed by atoms with van der Waals surface area (Å²) in [4.78, 5) is 0. The van der Waals surface area contributed by atoms with E-state index in [0.29, 0.717) is 11.3 Å².